The highest BCUT2D eigenvalue weighted by atomic mass is 16.5. The van der Waals surface area contributed by atoms with Gasteiger partial charge in [0.05, 0.1) is 12.2 Å². The minimum absolute atomic E-state index is 0.0907. The Morgan fingerprint density at radius 3 is 2.14 bits per heavy atom. The number of nitrogen functional groups attached to an aromatic ring is 1. The van der Waals surface area contributed by atoms with Crippen molar-refractivity contribution in [2.45, 2.75) is 46.4 Å². The van der Waals surface area contributed by atoms with Crippen molar-refractivity contribution in [2.24, 2.45) is 0 Å². The quantitative estimate of drug-likeness (QED) is 0.789. The van der Waals surface area contributed by atoms with Gasteiger partial charge in [-0.15, -0.1) is 0 Å². The van der Waals surface area contributed by atoms with Crippen molar-refractivity contribution < 1.29 is 9.47 Å². The van der Waals surface area contributed by atoms with Gasteiger partial charge in [0.1, 0.15) is 0 Å². The maximum absolute atomic E-state index is 6.24. The van der Waals surface area contributed by atoms with E-state index in [9.17, 15) is 0 Å². The van der Waals surface area contributed by atoms with Crippen LogP contribution >= 0.6 is 0 Å². The number of rotatable bonds is 6. The van der Waals surface area contributed by atoms with Crippen LogP contribution < -0.4 is 20.5 Å². The van der Waals surface area contributed by atoms with Gasteiger partial charge >= 0.3 is 0 Å². The summed E-state index contributed by atoms with van der Waals surface area (Å²) in [6.07, 6.45) is 0.193. The number of ether oxygens (including phenoxy) is 2. The topological polar surface area (TPSA) is 59.8 Å². The lowest BCUT2D eigenvalue weighted by molar-refractivity contribution is 0.197. The number of benzene rings is 1. The average molecular weight is 307 g/mol. The Morgan fingerprint density at radius 2 is 1.59 bits per heavy atom. The van der Waals surface area contributed by atoms with Crippen molar-refractivity contribution in [3.05, 3.63) is 17.7 Å². The van der Waals surface area contributed by atoms with Crippen LogP contribution in [0.1, 0.15) is 33.3 Å². The molecular formula is C17H29N3O2. The molecule has 3 N–H and O–H groups in total. The lowest BCUT2D eigenvalue weighted by Crippen LogP contribution is -2.43. The van der Waals surface area contributed by atoms with E-state index in [2.05, 4.69) is 10.2 Å². The molecule has 0 aliphatic carbocycles. The molecule has 2 rings (SSSR count). The van der Waals surface area contributed by atoms with Gasteiger partial charge in [-0.05, 0) is 39.3 Å². The Kier molecular flexibility index (Phi) is 5.91. The molecule has 1 aliphatic heterocycles. The highest BCUT2D eigenvalue weighted by Crippen LogP contribution is 2.34. The van der Waals surface area contributed by atoms with Crippen molar-refractivity contribution in [3.63, 3.8) is 0 Å². The number of anilines is 1. The maximum atomic E-state index is 6.24. The normalized spacial score (nSPS) is 16.3. The van der Waals surface area contributed by atoms with Gasteiger partial charge in [0, 0.05) is 44.5 Å². The van der Waals surface area contributed by atoms with Gasteiger partial charge in [0.2, 0.25) is 0 Å². The van der Waals surface area contributed by atoms with E-state index in [1.54, 1.807) is 0 Å². The summed E-state index contributed by atoms with van der Waals surface area (Å²) in [5.41, 5.74) is 8.11. The fourth-order valence-electron chi connectivity index (χ4n) is 2.56. The number of piperazine rings is 1. The monoisotopic (exact) mass is 307 g/mol. The van der Waals surface area contributed by atoms with E-state index in [-0.39, 0.29) is 12.2 Å². The minimum Gasteiger partial charge on any atom is -0.487 e. The molecule has 1 heterocycles. The summed E-state index contributed by atoms with van der Waals surface area (Å²) in [4.78, 5) is 2.41. The molecule has 5 nitrogen and oxygen atoms in total. The van der Waals surface area contributed by atoms with E-state index < -0.39 is 0 Å². The first-order valence-corrected chi connectivity index (χ1v) is 8.14. The summed E-state index contributed by atoms with van der Waals surface area (Å²) in [5.74, 6) is 1.51. The Balaban J connectivity index is 2.21. The SMILES string of the molecule is CC(C)Oc1cc(N)c(CN2CCNCC2)cc1OC(C)C. The molecule has 1 aromatic carbocycles. The third-order valence-corrected chi connectivity index (χ3v) is 3.53. The summed E-state index contributed by atoms with van der Waals surface area (Å²) >= 11 is 0. The molecule has 5 heteroatoms. The van der Waals surface area contributed by atoms with Crippen LogP contribution in [0.2, 0.25) is 0 Å². The Labute approximate surface area is 133 Å². The fraction of sp³-hybridized carbons (Fsp3) is 0.647. The summed E-state index contributed by atoms with van der Waals surface area (Å²) in [5, 5.41) is 3.37. The largest absolute Gasteiger partial charge is 0.487 e. The van der Waals surface area contributed by atoms with Gasteiger partial charge in [0.15, 0.2) is 11.5 Å². The van der Waals surface area contributed by atoms with Crippen molar-refractivity contribution in [1.82, 2.24) is 10.2 Å². The second kappa shape index (κ2) is 7.70. The molecule has 1 aliphatic rings. The molecule has 0 saturated carbocycles. The molecule has 0 atom stereocenters. The van der Waals surface area contributed by atoms with E-state index in [0.29, 0.717) is 0 Å². The predicted octanol–water partition coefficient (Wildman–Crippen LogP) is 2.25. The summed E-state index contributed by atoms with van der Waals surface area (Å²) in [6.45, 7) is 13.1. The second-order valence-corrected chi connectivity index (χ2v) is 6.36. The van der Waals surface area contributed by atoms with E-state index in [1.807, 2.05) is 39.8 Å². The molecule has 0 aromatic heterocycles. The number of nitrogens with one attached hydrogen (secondary N) is 1. The minimum atomic E-state index is 0.0907. The lowest BCUT2D eigenvalue weighted by atomic mass is 10.1. The van der Waals surface area contributed by atoms with Crippen LogP contribution in [0.5, 0.6) is 11.5 Å². The van der Waals surface area contributed by atoms with Crippen LogP contribution in [0.15, 0.2) is 12.1 Å². The molecule has 1 fully saturated rings. The zero-order chi connectivity index (χ0) is 16.1. The summed E-state index contributed by atoms with van der Waals surface area (Å²) in [6, 6.07) is 3.93. The third-order valence-electron chi connectivity index (χ3n) is 3.53. The molecule has 124 valence electrons. The number of nitrogens with zero attached hydrogens (tertiary/aromatic N) is 1. The van der Waals surface area contributed by atoms with Crippen LogP contribution in [-0.2, 0) is 6.54 Å². The molecular weight excluding hydrogens is 278 g/mol. The molecule has 0 radical (unpaired) electrons. The third kappa shape index (κ3) is 4.78. The number of hydrogen-bond donors (Lipinski definition) is 2. The zero-order valence-electron chi connectivity index (χ0n) is 14.2. The van der Waals surface area contributed by atoms with Gasteiger partial charge in [-0.2, -0.15) is 0 Å². The van der Waals surface area contributed by atoms with E-state index >= 15 is 0 Å². The summed E-state index contributed by atoms with van der Waals surface area (Å²) < 4.78 is 11.8. The van der Waals surface area contributed by atoms with Crippen LogP contribution in [-0.4, -0.2) is 43.3 Å². The van der Waals surface area contributed by atoms with Crippen LogP contribution in [0, 0.1) is 0 Å². The van der Waals surface area contributed by atoms with Crippen LogP contribution in [0.25, 0.3) is 0 Å². The molecule has 1 saturated heterocycles. The maximum Gasteiger partial charge on any atom is 0.163 e. The van der Waals surface area contributed by atoms with E-state index in [4.69, 9.17) is 15.2 Å². The second-order valence-electron chi connectivity index (χ2n) is 6.36. The van der Waals surface area contributed by atoms with E-state index in [0.717, 1.165) is 55.5 Å². The van der Waals surface area contributed by atoms with Crippen LogP contribution in [0.3, 0.4) is 0 Å². The molecule has 0 unspecified atom stereocenters. The Bertz CT molecular complexity index is 483. The fourth-order valence-corrected chi connectivity index (χ4v) is 2.56. The highest BCUT2D eigenvalue weighted by molar-refractivity contribution is 5.58. The van der Waals surface area contributed by atoms with Crippen LogP contribution in [0.4, 0.5) is 5.69 Å². The van der Waals surface area contributed by atoms with Crippen molar-refractivity contribution in [2.75, 3.05) is 31.9 Å². The lowest BCUT2D eigenvalue weighted by Gasteiger charge is -2.28. The first kappa shape index (κ1) is 16.9. The zero-order valence-corrected chi connectivity index (χ0v) is 14.2. The first-order chi connectivity index (χ1) is 10.5. The molecule has 22 heavy (non-hydrogen) atoms. The number of hydrogen-bond acceptors (Lipinski definition) is 5. The molecule has 1 aromatic rings. The molecule has 0 amide bonds. The van der Waals surface area contributed by atoms with Gasteiger partial charge in [0.25, 0.3) is 0 Å². The van der Waals surface area contributed by atoms with Gasteiger partial charge in [-0.25, -0.2) is 0 Å². The molecule has 0 spiro atoms. The van der Waals surface area contributed by atoms with Gasteiger partial charge < -0.3 is 20.5 Å². The van der Waals surface area contributed by atoms with Crippen molar-refractivity contribution >= 4 is 5.69 Å². The first-order valence-electron chi connectivity index (χ1n) is 8.14. The standard InChI is InChI=1S/C17H29N3O2/c1-12(2)21-16-9-14(11-20-7-5-19-6-8-20)15(18)10-17(16)22-13(3)4/h9-10,12-13,19H,5-8,11,18H2,1-4H3. The van der Waals surface area contributed by atoms with E-state index in [1.165, 1.54) is 0 Å². The highest BCUT2D eigenvalue weighted by Gasteiger charge is 2.16. The van der Waals surface area contributed by atoms with Crippen molar-refractivity contribution in [3.8, 4) is 11.5 Å². The molecule has 0 bridgehead atoms. The Hall–Kier alpha value is -1.46. The summed E-state index contributed by atoms with van der Waals surface area (Å²) in [7, 11) is 0. The average Bonchev–Trinajstić information content (AvgIpc) is 2.44. The van der Waals surface area contributed by atoms with Gasteiger partial charge in [-0.3, -0.25) is 4.90 Å². The Morgan fingerprint density at radius 1 is 1.05 bits per heavy atom. The number of nitrogens with two attached hydrogens (primary N) is 1. The predicted molar refractivity (Wildman–Crippen MR) is 90.5 cm³/mol. The van der Waals surface area contributed by atoms with Crippen molar-refractivity contribution in [1.29, 1.82) is 0 Å². The smallest absolute Gasteiger partial charge is 0.163 e. The van der Waals surface area contributed by atoms with Gasteiger partial charge in [-0.1, -0.05) is 0 Å².